The topological polar surface area (TPSA) is 64.1 Å². The van der Waals surface area contributed by atoms with Gasteiger partial charge in [-0.3, -0.25) is 15.1 Å². The molecule has 2 aromatic heterocycles. The Kier molecular flexibility index (Phi) is 4.86. The summed E-state index contributed by atoms with van der Waals surface area (Å²) < 4.78 is 5.57. The van der Waals surface area contributed by atoms with Gasteiger partial charge in [-0.1, -0.05) is 17.7 Å². The number of thiazole rings is 1. The molecule has 1 N–H and O–H groups in total. The Morgan fingerprint density at radius 3 is 2.92 bits per heavy atom. The number of rotatable bonds is 5. The summed E-state index contributed by atoms with van der Waals surface area (Å²) in [5.41, 5.74) is 3.88. The maximum atomic E-state index is 12.0. The first-order chi connectivity index (χ1) is 11.6. The van der Waals surface area contributed by atoms with Crippen LogP contribution in [0.1, 0.15) is 11.1 Å². The zero-order valence-electron chi connectivity index (χ0n) is 13.4. The molecule has 0 aliphatic heterocycles. The summed E-state index contributed by atoms with van der Waals surface area (Å²) in [5, 5.41) is 5.19. The van der Waals surface area contributed by atoms with Crippen molar-refractivity contribution >= 4 is 22.4 Å². The van der Waals surface area contributed by atoms with Gasteiger partial charge in [0.2, 0.25) is 0 Å². The monoisotopic (exact) mass is 339 g/mol. The van der Waals surface area contributed by atoms with E-state index in [2.05, 4.69) is 15.3 Å². The zero-order valence-corrected chi connectivity index (χ0v) is 14.3. The van der Waals surface area contributed by atoms with E-state index in [9.17, 15) is 4.79 Å². The van der Waals surface area contributed by atoms with Crippen molar-refractivity contribution < 1.29 is 9.53 Å². The highest BCUT2D eigenvalue weighted by Gasteiger charge is 2.09. The number of ether oxygens (including phenoxy) is 1. The number of nitrogens with one attached hydrogen (secondary N) is 1. The lowest BCUT2D eigenvalue weighted by Gasteiger charge is -2.09. The molecule has 3 aromatic rings. The fourth-order valence-electron chi connectivity index (χ4n) is 2.24. The van der Waals surface area contributed by atoms with Gasteiger partial charge in [0.15, 0.2) is 11.7 Å². The minimum Gasteiger partial charge on any atom is -0.483 e. The van der Waals surface area contributed by atoms with Gasteiger partial charge in [0.05, 0.1) is 5.69 Å². The van der Waals surface area contributed by atoms with E-state index in [0.717, 1.165) is 22.4 Å². The molecule has 0 aliphatic rings. The van der Waals surface area contributed by atoms with Crippen LogP contribution < -0.4 is 10.1 Å². The molecule has 0 saturated carbocycles. The molecule has 5 nitrogen and oxygen atoms in total. The number of hydrogen-bond donors (Lipinski definition) is 1. The molecule has 0 spiro atoms. The van der Waals surface area contributed by atoms with E-state index in [1.54, 1.807) is 12.4 Å². The molecule has 3 rings (SSSR count). The lowest BCUT2D eigenvalue weighted by molar-refractivity contribution is -0.118. The molecule has 0 aliphatic carbocycles. The third-order valence-corrected chi connectivity index (χ3v) is 4.15. The van der Waals surface area contributed by atoms with Crippen LogP contribution in [0.4, 0.5) is 5.13 Å². The van der Waals surface area contributed by atoms with Crippen molar-refractivity contribution in [2.75, 3.05) is 11.9 Å². The van der Waals surface area contributed by atoms with E-state index in [1.165, 1.54) is 11.3 Å². The zero-order chi connectivity index (χ0) is 16.9. The number of hydrogen-bond acceptors (Lipinski definition) is 5. The molecular weight excluding hydrogens is 322 g/mol. The molecule has 24 heavy (non-hydrogen) atoms. The van der Waals surface area contributed by atoms with Crippen LogP contribution in [0, 0.1) is 13.8 Å². The quantitative estimate of drug-likeness (QED) is 0.767. The summed E-state index contributed by atoms with van der Waals surface area (Å²) in [6.07, 6.45) is 3.45. The molecule has 122 valence electrons. The first-order valence-electron chi connectivity index (χ1n) is 7.47. The maximum Gasteiger partial charge on any atom is 0.264 e. The van der Waals surface area contributed by atoms with Crippen LogP contribution in [0.5, 0.6) is 5.75 Å². The van der Waals surface area contributed by atoms with Crippen LogP contribution in [0.3, 0.4) is 0 Å². The molecule has 0 atom stereocenters. The van der Waals surface area contributed by atoms with Crippen molar-refractivity contribution in [3.8, 4) is 17.0 Å². The summed E-state index contributed by atoms with van der Waals surface area (Å²) in [5.74, 6) is 0.480. The van der Waals surface area contributed by atoms with Crippen molar-refractivity contribution in [2.24, 2.45) is 0 Å². The van der Waals surface area contributed by atoms with Crippen LogP contribution >= 0.6 is 11.3 Å². The predicted octanol–water partition coefficient (Wildman–Crippen LogP) is 3.84. The Bertz CT molecular complexity index is 846. The van der Waals surface area contributed by atoms with Gasteiger partial charge < -0.3 is 4.74 Å². The molecule has 0 bridgehead atoms. The Hall–Kier alpha value is -2.73. The molecule has 6 heteroatoms. The van der Waals surface area contributed by atoms with E-state index in [4.69, 9.17) is 4.74 Å². The second-order valence-electron chi connectivity index (χ2n) is 5.39. The molecule has 0 saturated heterocycles. The predicted molar refractivity (Wildman–Crippen MR) is 95.4 cm³/mol. The van der Waals surface area contributed by atoms with Crippen LogP contribution in [0.2, 0.25) is 0 Å². The van der Waals surface area contributed by atoms with Crippen LogP contribution in [-0.4, -0.2) is 22.5 Å². The standard InChI is InChI=1S/C18H17N3O2S/c1-12-5-6-16(13(2)8-12)23-10-17(22)21-18-20-15(11-24-18)14-4-3-7-19-9-14/h3-9,11H,10H2,1-2H3,(H,20,21,22). The average molecular weight is 339 g/mol. The van der Waals surface area contributed by atoms with Gasteiger partial charge in [-0.15, -0.1) is 11.3 Å². The first kappa shape index (κ1) is 16.1. The molecule has 1 aromatic carbocycles. The maximum absolute atomic E-state index is 12.0. The largest absolute Gasteiger partial charge is 0.483 e. The second kappa shape index (κ2) is 7.23. The normalized spacial score (nSPS) is 10.4. The van der Waals surface area contributed by atoms with Gasteiger partial charge >= 0.3 is 0 Å². The van der Waals surface area contributed by atoms with Gasteiger partial charge in [0.1, 0.15) is 5.75 Å². The summed E-state index contributed by atoms with van der Waals surface area (Å²) in [4.78, 5) is 20.5. The van der Waals surface area contributed by atoms with Crippen molar-refractivity contribution in [3.63, 3.8) is 0 Å². The Labute approximate surface area is 144 Å². The van der Waals surface area contributed by atoms with Crippen LogP contribution in [0.15, 0.2) is 48.1 Å². The number of nitrogens with zero attached hydrogens (tertiary/aromatic N) is 2. The van der Waals surface area contributed by atoms with Gasteiger partial charge in [-0.05, 0) is 37.6 Å². The van der Waals surface area contributed by atoms with Crippen LogP contribution in [-0.2, 0) is 4.79 Å². The smallest absolute Gasteiger partial charge is 0.264 e. The van der Waals surface area contributed by atoms with Gasteiger partial charge in [-0.2, -0.15) is 0 Å². The minimum atomic E-state index is -0.234. The van der Waals surface area contributed by atoms with E-state index < -0.39 is 0 Å². The number of aromatic nitrogens is 2. The van der Waals surface area contributed by atoms with Crippen molar-refractivity contribution in [3.05, 3.63) is 59.2 Å². The third-order valence-electron chi connectivity index (χ3n) is 3.40. The Morgan fingerprint density at radius 2 is 2.17 bits per heavy atom. The van der Waals surface area contributed by atoms with E-state index in [1.807, 2.05) is 49.6 Å². The fraction of sp³-hybridized carbons (Fsp3) is 0.167. The number of carbonyl (C=O) groups excluding carboxylic acids is 1. The van der Waals surface area contributed by atoms with Gasteiger partial charge in [-0.25, -0.2) is 4.98 Å². The number of amides is 1. The highest BCUT2D eigenvalue weighted by molar-refractivity contribution is 7.14. The first-order valence-corrected chi connectivity index (χ1v) is 8.35. The van der Waals surface area contributed by atoms with Crippen molar-refractivity contribution in [2.45, 2.75) is 13.8 Å². The summed E-state index contributed by atoms with van der Waals surface area (Å²) in [7, 11) is 0. The fourth-order valence-corrected chi connectivity index (χ4v) is 2.97. The number of carbonyl (C=O) groups is 1. The summed E-state index contributed by atoms with van der Waals surface area (Å²) in [6.45, 7) is 3.93. The van der Waals surface area contributed by atoms with Gasteiger partial charge in [0, 0.05) is 23.3 Å². The molecule has 1 amide bonds. The van der Waals surface area contributed by atoms with Crippen molar-refractivity contribution in [1.29, 1.82) is 0 Å². The third kappa shape index (κ3) is 3.97. The summed E-state index contributed by atoms with van der Waals surface area (Å²) >= 11 is 1.37. The second-order valence-corrected chi connectivity index (χ2v) is 6.24. The highest BCUT2D eigenvalue weighted by Crippen LogP contribution is 2.24. The molecular formula is C18H17N3O2S. The summed E-state index contributed by atoms with van der Waals surface area (Å²) in [6, 6.07) is 9.64. The Morgan fingerprint density at radius 1 is 1.29 bits per heavy atom. The van der Waals surface area contributed by atoms with Crippen molar-refractivity contribution in [1.82, 2.24) is 9.97 Å². The number of anilines is 1. The lowest BCUT2D eigenvalue weighted by Crippen LogP contribution is -2.20. The van der Waals surface area contributed by atoms with Crippen LogP contribution in [0.25, 0.3) is 11.3 Å². The molecule has 0 unspecified atom stereocenters. The molecule has 0 fully saturated rings. The average Bonchev–Trinajstić information content (AvgIpc) is 3.03. The van der Waals surface area contributed by atoms with Gasteiger partial charge in [0.25, 0.3) is 5.91 Å². The Balaban J connectivity index is 1.58. The van der Waals surface area contributed by atoms with E-state index in [0.29, 0.717) is 10.9 Å². The number of aryl methyl sites for hydroxylation is 2. The minimum absolute atomic E-state index is 0.0499. The number of benzene rings is 1. The van der Waals surface area contributed by atoms with E-state index >= 15 is 0 Å². The molecule has 0 radical (unpaired) electrons. The SMILES string of the molecule is Cc1ccc(OCC(=O)Nc2nc(-c3cccnc3)cs2)c(C)c1. The lowest BCUT2D eigenvalue weighted by atomic mass is 10.1. The number of pyridine rings is 1. The van der Waals surface area contributed by atoms with E-state index in [-0.39, 0.29) is 12.5 Å². The molecule has 2 heterocycles. The highest BCUT2D eigenvalue weighted by atomic mass is 32.1.